The third kappa shape index (κ3) is 28.3. The quantitative estimate of drug-likeness (QED) is 0.0240. The van der Waals surface area contributed by atoms with Gasteiger partial charge in [0.15, 0.2) is 12.7 Å². The van der Waals surface area contributed by atoms with Gasteiger partial charge in [-0.2, -0.15) is 79.0 Å². The van der Waals surface area contributed by atoms with Gasteiger partial charge >= 0.3 is 81.2 Å². The van der Waals surface area contributed by atoms with Crippen LogP contribution in [0.2, 0.25) is 0 Å². The minimum atomic E-state index is -5.76. The van der Waals surface area contributed by atoms with Crippen molar-refractivity contribution in [3.63, 3.8) is 0 Å². The van der Waals surface area contributed by atoms with Gasteiger partial charge in [0, 0.05) is 86.8 Å². The molecule has 2 aromatic rings. The van der Waals surface area contributed by atoms with Gasteiger partial charge in [0.05, 0.1) is 59.0 Å². The van der Waals surface area contributed by atoms with E-state index < -0.39 is 216 Å². The molecule has 11 unspecified atom stereocenters. The van der Waals surface area contributed by atoms with Crippen LogP contribution < -0.4 is 0 Å². The molecule has 0 heterocycles. The first-order chi connectivity index (χ1) is 62.4. The number of sulfone groups is 4. The van der Waals surface area contributed by atoms with Gasteiger partial charge in [-0.15, -0.1) is 0 Å². The van der Waals surface area contributed by atoms with Gasteiger partial charge in [0.2, 0.25) is 45.5 Å². The van der Waals surface area contributed by atoms with Crippen molar-refractivity contribution in [3.8, 4) is 0 Å². The van der Waals surface area contributed by atoms with Crippen LogP contribution in [0.15, 0.2) is 30.3 Å². The summed E-state index contributed by atoms with van der Waals surface area (Å²) in [5.41, 5.74) is -2.34. The van der Waals surface area contributed by atoms with Crippen molar-refractivity contribution < 1.29 is 202 Å². The predicted molar refractivity (Wildman–Crippen MR) is 486 cm³/mol. The highest BCUT2D eigenvalue weighted by atomic mass is 127. The Hall–Kier alpha value is -3.53. The molecule has 0 aliphatic heterocycles. The van der Waals surface area contributed by atoms with Crippen LogP contribution in [0.25, 0.3) is 0 Å². The zero-order valence-electron chi connectivity index (χ0n) is 74.6. The van der Waals surface area contributed by atoms with Crippen molar-refractivity contribution in [1.82, 2.24) is 0 Å². The number of Topliss-reactive ketones (excluding diaryl/α,β-unsaturated/α-hetero) is 2. The summed E-state index contributed by atoms with van der Waals surface area (Å²) in [5.74, 6) is -18.3. The van der Waals surface area contributed by atoms with Crippen LogP contribution in [-0.4, -0.2) is 208 Å². The minimum absolute atomic E-state index is 0.0350. The first-order valence-corrected chi connectivity index (χ1v) is 55.8. The first kappa shape index (κ1) is 120. The Bertz CT molecular complexity index is 5230. The summed E-state index contributed by atoms with van der Waals surface area (Å²) in [6, 6.07) is 8.60. The summed E-state index contributed by atoms with van der Waals surface area (Å²) < 4.78 is 415. The van der Waals surface area contributed by atoms with E-state index in [1.165, 1.54) is 6.92 Å². The zero-order chi connectivity index (χ0) is 105. The molecule has 23 nitrogen and oxygen atoms in total. The van der Waals surface area contributed by atoms with E-state index >= 15 is 0 Å². The summed E-state index contributed by atoms with van der Waals surface area (Å²) >= 11 is 10.3. The van der Waals surface area contributed by atoms with Crippen LogP contribution in [0.1, 0.15) is 197 Å². The molecule has 0 saturated heterocycles. The van der Waals surface area contributed by atoms with Crippen LogP contribution in [0, 0.1) is 111 Å². The summed E-state index contributed by atoms with van der Waals surface area (Å²) in [5, 5.41) is -20.0. The van der Waals surface area contributed by atoms with Crippen molar-refractivity contribution in [2.75, 3.05) is 44.8 Å². The largest absolute Gasteiger partial charge is 0.482 e. The maximum Gasteiger partial charge on any atom is 0.482 e. The second-order valence-electron chi connectivity index (χ2n) is 38.5. The number of fused-ring (bicyclic) bond motifs is 2. The normalized spacial score (nSPS) is 28.1. The molecule has 14 bridgehead atoms. The molecule has 14 fully saturated rings. The second kappa shape index (κ2) is 43.7. The molecule has 2 aromatic carbocycles. The monoisotopic (exact) mass is 2660 g/mol. The van der Waals surface area contributed by atoms with E-state index in [-0.39, 0.29) is 105 Å². The lowest BCUT2D eigenvalue weighted by Gasteiger charge is -2.55. The zero-order valence-corrected chi connectivity index (χ0v) is 88.7. The lowest BCUT2D eigenvalue weighted by Crippen LogP contribution is -2.58. The average molecular weight is 2660 g/mol. The maximum atomic E-state index is 13.8. The van der Waals surface area contributed by atoms with Crippen molar-refractivity contribution in [1.29, 1.82) is 0 Å². The standard InChI is InChI=1S/C16H22F4O4S.C15H15F5I2O3.C15H17F5O5S.C14H18F2O5S.C13H13F2I3O2.C11H14F4O4S/c1-25(22,23)16(19,20)15(17,18)2-3-24-13(21)14-7-10-4-11(8-14)6-12(5-10)9-14;1-8(25-13(14(2,16)17)15(18,19)20)3-4-24-12(23)9-5-10(21)7-11(22)6-9;1-26(23,24)15(19,20)11(14(16,17)18)25-12(22)13-4-7-2-8(5-13)10(21)9(3-7)6-13;1-22(19,20)14(15,16)7-21-12(18)13-4-8-2-9(5-13)11(17)10(3-8)6-13;1-6(2)11(13(3,14)15)20-12(19)8-4-7(16)5-9(17)10(8)18;1-20(17,18)11(14,15)10(12,13)19-9(16)8-5-6-2-3-7(8)4-6/h10-12H,2-9H2,1H3;5-8,13H,3-4H2,1-2H3;7-9,11H,2-6H2,1H3;8-10H,2-7H2,1H3;4-6,11H,1-3H3;6-8H,2-5H2,1H3. The predicted octanol–water partition coefficient (Wildman–Crippen LogP) is 20.4. The fourth-order valence-corrected chi connectivity index (χ4v) is 27.2. The molecule has 14 saturated carbocycles. The van der Waals surface area contributed by atoms with Gasteiger partial charge in [0.25, 0.3) is 17.9 Å². The highest BCUT2D eigenvalue weighted by Gasteiger charge is 2.71. The van der Waals surface area contributed by atoms with Gasteiger partial charge in [0.1, 0.15) is 11.6 Å². The van der Waals surface area contributed by atoms with Gasteiger partial charge in [-0.3, -0.25) is 28.8 Å². The van der Waals surface area contributed by atoms with E-state index in [4.69, 9.17) is 14.2 Å². The molecule has 0 spiro atoms. The van der Waals surface area contributed by atoms with Gasteiger partial charge < -0.3 is 33.2 Å². The number of carbonyl (C=O) groups excluding carboxylic acids is 8. The number of hydrogen-bond donors (Lipinski definition) is 0. The Morgan fingerprint density at radius 3 is 1.25 bits per heavy atom. The molecule has 0 radical (unpaired) electrons. The molecule has 14 aliphatic rings. The fourth-order valence-electron chi connectivity index (χ4n) is 20.9. The smallest absolute Gasteiger partial charge is 0.465 e. The number of rotatable bonds is 29. The summed E-state index contributed by atoms with van der Waals surface area (Å²) in [7, 11) is -20.8. The Labute approximate surface area is 848 Å². The highest BCUT2D eigenvalue weighted by molar-refractivity contribution is 14.1. The van der Waals surface area contributed by atoms with Crippen molar-refractivity contribution in [2.24, 2.45) is 93.2 Å². The minimum Gasteiger partial charge on any atom is -0.465 e. The fraction of sp³-hybridized carbons (Fsp3) is 0.762. The van der Waals surface area contributed by atoms with E-state index in [2.05, 4.69) is 64.1 Å². The van der Waals surface area contributed by atoms with E-state index in [9.17, 15) is 169 Å². The maximum absolute atomic E-state index is 13.8. The van der Waals surface area contributed by atoms with Gasteiger partial charge in [-0.05, 0) is 320 Å². The van der Waals surface area contributed by atoms with Crippen molar-refractivity contribution in [3.05, 3.63) is 59.3 Å². The number of benzene rings is 2. The Balaban J connectivity index is 0.000000204. The lowest BCUT2D eigenvalue weighted by molar-refractivity contribution is -0.303. The number of carbonyl (C=O) groups is 8. The molecule has 0 N–H and O–H groups in total. The molecular weight excluding hydrogens is 2560 g/mol. The van der Waals surface area contributed by atoms with Crippen molar-refractivity contribution in [2.45, 2.75) is 258 Å². The van der Waals surface area contributed by atoms with Crippen LogP contribution in [-0.2, 0) is 101 Å². The van der Waals surface area contributed by atoms with E-state index in [1.807, 2.05) is 79.9 Å². The first-order valence-electron chi connectivity index (χ1n) is 42.8. The number of halogens is 27. The summed E-state index contributed by atoms with van der Waals surface area (Å²) in [4.78, 5) is 97.0. The molecule has 0 aromatic heterocycles. The Morgan fingerprint density at radius 2 is 0.862 bits per heavy atom. The van der Waals surface area contributed by atoms with Crippen LogP contribution >= 0.6 is 113 Å². The topological polar surface area (TPSA) is 338 Å². The lowest BCUT2D eigenvalue weighted by atomic mass is 9.49. The number of esters is 6. The third-order valence-electron chi connectivity index (χ3n) is 26.7. The number of hydrogen-bond acceptors (Lipinski definition) is 23. The highest BCUT2D eigenvalue weighted by Crippen LogP contribution is 2.64. The molecular formula is C84H99F22I5O23S4. The Morgan fingerprint density at radius 1 is 0.442 bits per heavy atom. The molecule has 16 rings (SSSR count). The van der Waals surface area contributed by atoms with Crippen molar-refractivity contribution >= 4 is 200 Å². The SMILES string of the molecule is CC(C)C(OC(=O)c1cc(I)cc(I)c1I)C(C)(F)F.CC(CCOC(=O)c1cc(I)cc(I)c1)OC(C(C)(F)F)C(F)(F)F.CS(=O)(=O)C(F)(F)C(F)(F)CCOC(=O)C12CC3CC(CC(C3)C1)C2.CS(=O)(=O)C(F)(F)C(F)(F)OC(=O)C1CC2CCC1C2.CS(=O)(=O)C(F)(F)C(OC(=O)C12CC3CC(C1)C(=O)C(C3)C2)C(F)(F)F.CS(=O)(=O)C(F)(F)COC(=O)C12CC3CC(C1)C(=O)C(C3)C2. The summed E-state index contributed by atoms with van der Waals surface area (Å²) in [6.07, 6.45) is -15.6. The average Bonchev–Trinajstić information content (AvgIpc) is 1.33. The van der Waals surface area contributed by atoms with Gasteiger partial charge in [-0.1, -0.05) is 20.3 Å². The van der Waals surface area contributed by atoms with E-state index in [1.54, 1.807) is 32.0 Å². The molecule has 138 heavy (non-hydrogen) atoms. The number of alkyl halides is 22. The molecule has 54 heteroatoms. The van der Waals surface area contributed by atoms with Crippen LogP contribution in [0.5, 0.6) is 0 Å². The molecule has 11 atom stereocenters. The van der Waals surface area contributed by atoms with E-state index in [0.29, 0.717) is 106 Å². The van der Waals surface area contributed by atoms with Gasteiger partial charge in [-0.25, -0.2) is 60.8 Å². The number of ketones is 2. The third-order valence-corrected chi connectivity index (χ3v) is 36.4. The van der Waals surface area contributed by atoms with E-state index in [0.717, 1.165) is 63.3 Å². The Kier molecular flexibility index (Phi) is 37.9. The molecule has 0 amide bonds. The summed E-state index contributed by atoms with van der Waals surface area (Å²) in [6.45, 7) is 2.73. The van der Waals surface area contributed by atoms with Crippen LogP contribution in [0.3, 0.4) is 0 Å². The second-order valence-corrected chi connectivity index (χ2v) is 52.8. The number of ether oxygens (including phenoxy) is 7. The molecule has 786 valence electrons. The van der Waals surface area contributed by atoms with Crippen LogP contribution in [0.4, 0.5) is 96.6 Å². The molecule has 14 aliphatic carbocycles.